The number of fused-ring (bicyclic) bond motifs is 4. The SMILES string of the molecule is CC1C=C(c2c3ccccc3c(-c3c(-c4ccc5occc5c4)oc4ccccc34)c3ccccc23)C=CC1. The summed E-state index contributed by atoms with van der Waals surface area (Å²) in [6.45, 7) is 2.29. The van der Waals surface area contributed by atoms with Crippen LogP contribution in [-0.4, -0.2) is 0 Å². The van der Waals surface area contributed by atoms with Crippen molar-refractivity contribution in [2.75, 3.05) is 0 Å². The molecule has 7 aromatic rings. The van der Waals surface area contributed by atoms with E-state index in [0.29, 0.717) is 5.92 Å². The molecule has 0 amide bonds. The second-order valence-corrected chi connectivity index (χ2v) is 10.6. The fourth-order valence-corrected chi connectivity index (χ4v) is 6.32. The summed E-state index contributed by atoms with van der Waals surface area (Å²) in [4.78, 5) is 0. The zero-order chi connectivity index (χ0) is 25.9. The maximum Gasteiger partial charge on any atom is 0.143 e. The number of benzene rings is 5. The second kappa shape index (κ2) is 8.61. The summed E-state index contributed by atoms with van der Waals surface area (Å²) in [5.41, 5.74) is 7.76. The third-order valence-electron chi connectivity index (χ3n) is 8.05. The predicted molar refractivity (Wildman–Crippen MR) is 163 cm³/mol. The maximum atomic E-state index is 6.67. The normalized spacial score (nSPS) is 15.5. The molecule has 1 aliphatic carbocycles. The van der Waals surface area contributed by atoms with Crippen LogP contribution in [0.15, 0.2) is 130 Å². The van der Waals surface area contributed by atoms with Crippen molar-refractivity contribution >= 4 is 49.1 Å². The molecular weight excluding hydrogens is 476 g/mol. The van der Waals surface area contributed by atoms with Crippen LogP contribution in [0, 0.1) is 5.92 Å². The van der Waals surface area contributed by atoms with Crippen LogP contribution in [0.25, 0.3) is 71.5 Å². The van der Waals surface area contributed by atoms with Crippen LogP contribution in [0.3, 0.4) is 0 Å². The first-order chi connectivity index (χ1) is 19.3. The summed E-state index contributed by atoms with van der Waals surface area (Å²) in [5, 5.41) is 7.17. The highest BCUT2D eigenvalue weighted by molar-refractivity contribution is 6.23. The standard InChI is InChI=1S/C37H26O2/c1-23-9-8-10-25(21-23)34-27-11-2-4-13-29(27)35(30-14-5-3-12-28(30)34)36-31-15-6-7-16-33(31)39-37(36)26-17-18-32-24(22-26)19-20-38-32/h2-8,10-23H,9H2,1H3. The average Bonchev–Trinajstić information content (AvgIpc) is 3.60. The highest BCUT2D eigenvalue weighted by atomic mass is 16.3. The topological polar surface area (TPSA) is 26.3 Å². The lowest BCUT2D eigenvalue weighted by molar-refractivity contribution is 0.615. The first-order valence-electron chi connectivity index (χ1n) is 13.6. The molecule has 2 aromatic heterocycles. The lowest BCUT2D eigenvalue weighted by Crippen LogP contribution is -1.98. The Balaban J connectivity index is 1.53. The van der Waals surface area contributed by atoms with Crippen molar-refractivity contribution in [3.05, 3.63) is 127 Å². The minimum atomic E-state index is 0.518. The van der Waals surface area contributed by atoms with Crippen molar-refractivity contribution < 1.29 is 8.83 Å². The monoisotopic (exact) mass is 502 g/mol. The van der Waals surface area contributed by atoms with E-state index >= 15 is 0 Å². The molecule has 0 spiro atoms. The first-order valence-corrected chi connectivity index (χ1v) is 13.6. The Morgan fingerprint density at radius 1 is 0.641 bits per heavy atom. The van der Waals surface area contributed by atoms with Gasteiger partial charge in [0.25, 0.3) is 0 Å². The molecule has 0 fully saturated rings. The Morgan fingerprint density at radius 2 is 1.31 bits per heavy atom. The van der Waals surface area contributed by atoms with Crippen LogP contribution in [0.4, 0.5) is 0 Å². The van der Waals surface area contributed by atoms with Crippen molar-refractivity contribution in [1.29, 1.82) is 0 Å². The number of rotatable bonds is 3. The smallest absolute Gasteiger partial charge is 0.143 e. The van der Waals surface area contributed by atoms with E-state index in [9.17, 15) is 0 Å². The van der Waals surface area contributed by atoms with Crippen molar-refractivity contribution in [1.82, 2.24) is 0 Å². The molecule has 39 heavy (non-hydrogen) atoms. The van der Waals surface area contributed by atoms with Gasteiger partial charge in [-0.05, 0) is 75.4 Å². The van der Waals surface area contributed by atoms with Gasteiger partial charge in [-0.1, -0.05) is 91.9 Å². The zero-order valence-electron chi connectivity index (χ0n) is 21.6. The summed E-state index contributed by atoms with van der Waals surface area (Å²) in [5.74, 6) is 1.40. The van der Waals surface area contributed by atoms with E-state index in [4.69, 9.17) is 8.83 Å². The van der Waals surface area contributed by atoms with E-state index in [1.54, 1.807) is 6.26 Å². The molecule has 1 aliphatic rings. The Morgan fingerprint density at radius 3 is 2.03 bits per heavy atom. The van der Waals surface area contributed by atoms with E-state index in [0.717, 1.165) is 45.2 Å². The van der Waals surface area contributed by atoms with Gasteiger partial charge in [0, 0.05) is 27.5 Å². The molecule has 5 aromatic carbocycles. The van der Waals surface area contributed by atoms with Gasteiger partial charge in [-0.25, -0.2) is 0 Å². The Hall–Kier alpha value is -4.82. The number of furan rings is 2. The number of hydrogen-bond donors (Lipinski definition) is 0. The van der Waals surface area contributed by atoms with Crippen LogP contribution >= 0.6 is 0 Å². The first kappa shape index (κ1) is 22.2. The lowest BCUT2D eigenvalue weighted by Gasteiger charge is -2.20. The van der Waals surface area contributed by atoms with E-state index in [1.165, 1.54) is 38.2 Å². The largest absolute Gasteiger partial charge is 0.464 e. The number of allylic oxidation sites excluding steroid dienone is 4. The molecule has 0 saturated heterocycles. The summed E-state index contributed by atoms with van der Waals surface area (Å²) in [6, 6.07) is 34.4. The van der Waals surface area contributed by atoms with E-state index < -0.39 is 0 Å². The molecule has 0 saturated carbocycles. The Bertz CT molecular complexity index is 2060. The van der Waals surface area contributed by atoms with Gasteiger partial charge < -0.3 is 8.83 Å². The lowest BCUT2D eigenvalue weighted by atomic mass is 9.83. The van der Waals surface area contributed by atoms with Gasteiger partial charge in [-0.3, -0.25) is 0 Å². The summed E-state index contributed by atoms with van der Waals surface area (Å²) in [7, 11) is 0. The molecule has 0 aliphatic heterocycles. The van der Waals surface area contributed by atoms with Crippen LogP contribution < -0.4 is 0 Å². The van der Waals surface area contributed by atoms with Crippen molar-refractivity contribution in [2.45, 2.75) is 13.3 Å². The fraction of sp³-hybridized carbons (Fsp3) is 0.0811. The van der Waals surface area contributed by atoms with Crippen molar-refractivity contribution in [3.8, 4) is 22.5 Å². The van der Waals surface area contributed by atoms with Gasteiger partial charge in [0.1, 0.15) is 16.9 Å². The summed E-state index contributed by atoms with van der Waals surface area (Å²) in [6.07, 6.45) is 9.86. The van der Waals surface area contributed by atoms with Gasteiger partial charge in [0.05, 0.1) is 6.26 Å². The molecule has 2 heterocycles. The average molecular weight is 503 g/mol. The molecule has 186 valence electrons. The molecule has 2 nitrogen and oxygen atoms in total. The zero-order valence-corrected chi connectivity index (χ0v) is 21.6. The molecule has 1 unspecified atom stereocenters. The quantitative estimate of drug-likeness (QED) is 0.225. The van der Waals surface area contributed by atoms with Crippen molar-refractivity contribution in [3.63, 3.8) is 0 Å². The molecule has 0 radical (unpaired) electrons. The number of hydrogen-bond acceptors (Lipinski definition) is 2. The third-order valence-corrected chi connectivity index (χ3v) is 8.05. The van der Waals surface area contributed by atoms with E-state index in [-0.39, 0.29) is 0 Å². The third kappa shape index (κ3) is 3.42. The highest BCUT2D eigenvalue weighted by Crippen LogP contribution is 2.49. The van der Waals surface area contributed by atoms with Crippen LogP contribution in [-0.2, 0) is 0 Å². The fourth-order valence-electron chi connectivity index (χ4n) is 6.32. The Labute approximate surface area is 226 Å². The molecule has 0 N–H and O–H groups in total. The maximum absolute atomic E-state index is 6.67. The van der Waals surface area contributed by atoms with Gasteiger partial charge >= 0.3 is 0 Å². The summed E-state index contributed by atoms with van der Waals surface area (Å²) < 4.78 is 12.3. The highest BCUT2D eigenvalue weighted by Gasteiger charge is 2.24. The summed E-state index contributed by atoms with van der Waals surface area (Å²) >= 11 is 0. The van der Waals surface area contributed by atoms with Crippen molar-refractivity contribution in [2.24, 2.45) is 5.92 Å². The van der Waals surface area contributed by atoms with Crippen LogP contribution in [0.5, 0.6) is 0 Å². The van der Waals surface area contributed by atoms with Gasteiger partial charge in [-0.2, -0.15) is 0 Å². The Kier molecular flexibility index (Phi) is 4.90. The van der Waals surface area contributed by atoms with Gasteiger partial charge in [0.2, 0.25) is 0 Å². The van der Waals surface area contributed by atoms with Gasteiger partial charge in [0.15, 0.2) is 0 Å². The van der Waals surface area contributed by atoms with Crippen LogP contribution in [0.2, 0.25) is 0 Å². The van der Waals surface area contributed by atoms with Crippen LogP contribution in [0.1, 0.15) is 18.9 Å². The molecular formula is C37H26O2. The second-order valence-electron chi connectivity index (χ2n) is 10.6. The van der Waals surface area contributed by atoms with Gasteiger partial charge in [-0.15, -0.1) is 0 Å². The molecule has 2 heteroatoms. The molecule has 8 rings (SSSR count). The molecule has 1 atom stereocenters. The predicted octanol–water partition coefficient (Wildman–Crippen LogP) is 10.8. The molecule has 0 bridgehead atoms. The van der Waals surface area contributed by atoms with E-state index in [2.05, 4.69) is 104 Å². The number of para-hydroxylation sites is 1. The van der Waals surface area contributed by atoms with E-state index in [1.807, 2.05) is 18.2 Å². The minimum Gasteiger partial charge on any atom is -0.464 e. The minimum absolute atomic E-state index is 0.518.